The van der Waals surface area contributed by atoms with Gasteiger partial charge in [-0.1, -0.05) is 11.8 Å². The van der Waals surface area contributed by atoms with Gasteiger partial charge in [-0.05, 0) is 31.2 Å². The fourth-order valence-electron chi connectivity index (χ4n) is 3.48. The van der Waals surface area contributed by atoms with Crippen LogP contribution in [0.3, 0.4) is 0 Å². The zero-order valence-electron chi connectivity index (χ0n) is 14.2. The summed E-state index contributed by atoms with van der Waals surface area (Å²) < 4.78 is 26.7. The largest absolute Gasteiger partial charge is 0.383 e. The summed E-state index contributed by atoms with van der Waals surface area (Å²) in [7, 11) is 0. The topological polar surface area (TPSA) is 80.5 Å². The number of hydrogen-bond acceptors (Lipinski definition) is 6. The molecule has 5 rings (SSSR count). The summed E-state index contributed by atoms with van der Waals surface area (Å²) in [6, 6.07) is 2.19. The molecule has 4 aromatic rings. The third-order valence-corrected chi connectivity index (χ3v) is 6.78. The van der Waals surface area contributed by atoms with Gasteiger partial charge in [0.2, 0.25) is 0 Å². The summed E-state index contributed by atoms with van der Waals surface area (Å²) in [6.07, 6.45) is 4.53. The lowest BCUT2D eigenvalue weighted by molar-refractivity contribution is 0.510. The highest BCUT2D eigenvalue weighted by atomic mass is 32.2. The first-order valence-corrected chi connectivity index (χ1v) is 10.4. The molecule has 3 heterocycles. The molecule has 0 radical (unpaired) electrons. The van der Waals surface area contributed by atoms with Crippen LogP contribution in [-0.4, -0.2) is 19.9 Å². The highest BCUT2D eigenvalue weighted by Crippen LogP contribution is 2.38. The van der Waals surface area contributed by atoms with E-state index in [9.17, 15) is 8.78 Å². The molecule has 0 fully saturated rings. The van der Waals surface area contributed by atoms with Crippen LogP contribution >= 0.6 is 23.1 Å². The third-order valence-electron chi connectivity index (χ3n) is 4.73. The van der Waals surface area contributed by atoms with E-state index in [1.165, 1.54) is 35.0 Å². The number of anilines is 1. The van der Waals surface area contributed by atoms with Gasteiger partial charge in [-0.3, -0.25) is 0 Å². The Hall–Kier alpha value is -2.26. The SMILES string of the molecule is Nc1nc(CSc2nc3cc(F)c(F)cc3[nH]2)nc2sc3c(c12)CCCC3. The molecule has 0 amide bonds. The molecule has 27 heavy (non-hydrogen) atoms. The number of nitrogens with zero attached hydrogens (tertiary/aromatic N) is 3. The lowest BCUT2D eigenvalue weighted by Crippen LogP contribution is -2.02. The minimum Gasteiger partial charge on any atom is -0.383 e. The van der Waals surface area contributed by atoms with Gasteiger partial charge in [-0.25, -0.2) is 23.7 Å². The maximum absolute atomic E-state index is 13.3. The Morgan fingerprint density at radius 3 is 2.81 bits per heavy atom. The molecule has 5 nitrogen and oxygen atoms in total. The van der Waals surface area contributed by atoms with Crippen molar-refractivity contribution in [3.63, 3.8) is 0 Å². The smallest absolute Gasteiger partial charge is 0.166 e. The van der Waals surface area contributed by atoms with Crippen molar-refractivity contribution in [1.29, 1.82) is 0 Å². The van der Waals surface area contributed by atoms with Crippen LogP contribution in [0.5, 0.6) is 0 Å². The molecule has 0 bridgehead atoms. The van der Waals surface area contributed by atoms with Crippen LogP contribution in [0.2, 0.25) is 0 Å². The predicted molar refractivity (Wildman–Crippen MR) is 104 cm³/mol. The van der Waals surface area contributed by atoms with E-state index in [0.29, 0.717) is 33.6 Å². The van der Waals surface area contributed by atoms with Crippen LogP contribution in [0, 0.1) is 11.6 Å². The van der Waals surface area contributed by atoms with Crippen molar-refractivity contribution in [3.05, 3.63) is 40.0 Å². The number of aryl methyl sites for hydroxylation is 2. The maximum atomic E-state index is 13.3. The zero-order chi connectivity index (χ0) is 18.5. The van der Waals surface area contributed by atoms with Gasteiger partial charge in [-0.15, -0.1) is 11.3 Å². The number of thiophene rings is 1. The van der Waals surface area contributed by atoms with Crippen molar-refractivity contribution in [3.8, 4) is 0 Å². The Kier molecular flexibility index (Phi) is 4.01. The Bertz CT molecular complexity index is 1140. The number of fused-ring (bicyclic) bond motifs is 4. The monoisotopic (exact) mass is 403 g/mol. The molecular weight excluding hydrogens is 388 g/mol. The molecular formula is C18H15F2N5S2. The van der Waals surface area contributed by atoms with Gasteiger partial charge in [0.1, 0.15) is 16.5 Å². The summed E-state index contributed by atoms with van der Waals surface area (Å²) in [5, 5.41) is 1.57. The van der Waals surface area contributed by atoms with Crippen LogP contribution in [-0.2, 0) is 18.6 Å². The van der Waals surface area contributed by atoms with E-state index in [-0.39, 0.29) is 0 Å². The fraction of sp³-hybridized carbons (Fsp3) is 0.278. The quantitative estimate of drug-likeness (QED) is 0.489. The Balaban J connectivity index is 1.43. The van der Waals surface area contributed by atoms with Crippen molar-refractivity contribution < 1.29 is 8.78 Å². The van der Waals surface area contributed by atoms with E-state index in [2.05, 4.69) is 19.9 Å². The first-order valence-electron chi connectivity index (χ1n) is 8.62. The second-order valence-electron chi connectivity index (χ2n) is 6.53. The van der Waals surface area contributed by atoms with Gasteiger partial charge in [0, 0.05) is 17.0 Å². The summed E-state index contributed by atoms with van der Waals surface area (Å²) in [6.45, 7) is 0. The maximum Gasteiger partial charge on any atom is 0.166 e. The van der Waals surface area contributed by atoms with E-state index in [0.717, 1.165) is 35.2 Å². The normalized spacial score (nSPS) is 14.1. The minimum absolute atomic E-state index is 0.387. The van der Waals surface area contributed by atoms with Crippen molar-refractivity contribution in [2.45, 2.75) is 36.6 Å². The molecule has 3 N–H and O–H groups in total. The van der Waals surface area contributed by atoms with Crippen LogP contribution < -0.4 is 5.73 Å². The predicted octanol–water partition coefficient (Wildman–Crippen LogP) is 4.60. The van der Waals surface area contributed by atoms with Gasteiger partial charge in [-0.2, -0.15) is 0 Å². The van der Waals surface area contributed by atoms with Crippen LogP contribution in [0.1, 0.15) is 29.1 Å². The van der Waals surface area contributed by atoms with Crippen molar-refractivity contribution >= 4 is 50.2 Å². The molecule has 3 aromatic heterocycles. The molecule has 9 heteroatoms. The summed E-state index contributed by atoms with van der Waals surface area (Å²) in [4.78, 5) is 18.7. The first-order chi connectivity index (χ1) is 13.1. The standard InChI is InChI=1S/C18H15F2N5S2/c19-9-5-11-12(6-10(9)20)23-18(22-11)26-7-14-24-16(21)15-8-3-1-2-4-13(8)27-17(15)25-14/h5-6H,1-4,7H2,(H,22,23)(H2,21,24,25). The van der Waals surface area contributed by atoms with Gasteiger partial charge in [0.15, 0.2) is 16.8 Å². The van der Waals surface area contributed by atoms with Gasteiger partial charge in [0.05, 0.1) is 22.2 Å². The minimum atomic E-state index is -0.909. The van der Waals surface area contributed by atoms with Gasteiger partial charge in [0.25, 0.3) is 0 Å². The van der Waals surface area contributed by atoms with E-state index in [1.54, 1.807) is 11.3 Å². The molecule has 1 aliphatic rings. The highest BCUT2D eigenvalue weighted by Gasteiger charge is 2.20. The number of H-pyrrole nitrogens is 1. The number of hydrogen-bond donors (Lipinski definition) is 2. The first kappa shape index (κ1) is 16.9. The highest BCUT2D eigenvalue weighted by molar-refractivity contribution is 7.98. The molecule has 0 atom stereocenters. The Labute approximate surface area is 161 Å². The fourth-order valence-corrected chi connectivity index (χ4v) is 5.51. The third kappa shape index (κ3) is 2.94. The van der Waals surface area contributed by atoms with E-state index in [4.69, 9.17) is 5.73 Å². The van der Waals surface area contributed by atoms with Gasteiger partial charge >= 0.3 is 0 Å². The van der Waals surface area contributed by atoms with E-state index in [1.807, 2.05) is 0 Å². The second-order valence-corrected chi connectivity index (χ2v) is 8.58. The van der Waals surface area contributed by atoms with E-state index < -0.39 is 11.6 Å². The average Bonchev–Trinajstić information content (AvgIpc) is 3.21. The number of nitrogens with two attached hydrogens (primary N) is 1. The summed E-state index contributed by atoms with van der Waals surface area (Å²) in [5.41, 5.74) is 8.39. The number of thioether (sulfide) groups is 1. The number of aromatic nitrogens is 4. The average molecular weight is 403 g/mol. The van der Waals surface area contributed by atoms with Crippen LogP contribution in [0.4, 0.5) is 14.6 Å². The van der Waals surface area contributed by atoms with Crippen molar-refractivity contribution in [2.24, 2.45) is 0 Å². The molecule has 1 aromatic carbocycles. The molecule has 138 valence electrons. The number of benzene rings is 1. The zero-order valence-corrected chi connectivity index (χ0v) is 15.8. The van der Waals surface area contributed by atoms with Gasteiger partial charge < -0.3 is 10.7 Å². The number of imidazole rings is 1. The summed E-state index contributed by atoms with van der Waals surface area (Å²) in [5.74, 6) is -0.183. The van der Waals surface area contributed by atoms with Crippen LogP contribution in [0.15, 0.2) is 17.3 Å². The van der Waals surface area contributed by atoms with E-state index >= 15 is 0 Å². The molecule has 0 saturated heterocycles. The molecule has 0 spiro atoms. The number of halogens is 2. The molecule has 0 saturated carbocycles. The number of rotatable bonds is 3. The van der Waals surface area contributed by atoms with Crippen molar-refractivity contribution in [1.82, 2.24) is 19.9 Å². The lowest BCUT2D eigenvalue weighted by Gasteiger charge is -2.10. The second kappa shape index (κ2) is 6.42. The molecule has 0 aliphatic heterocycles. The number of nitrogens with one attached hydrogen (secondary N) is 1. The lowest BCUT2D eigenvalue weighted by atomic mass is 9.97. The Morgan fingerprint density at radius 1 is 1.11 bits per heavy atom. The molecule has 1 aliphatic carbocycles. The molecule has 0 unspecified atom stereocenters. The Morgan fingerprint density at radius 2 is 1.93 bits per heavy atom. The van der Waals surface area contributed by atoms with Crippen molar-refractivity contribution in [2.75, 3.05) is 5.73 Å². The summed E-state index contributed by atoms with van der Waals surface area (Å²) >= 11 is 3.09. The number of nitrogen functional groups attached to an aromatic ring is 1. The van der Waals surface area contributed by atoms with Crippen LogP contribution in [0.25, 0.3) is 21.3 Å². The number of aromatic amines is 1.